The van der Waals surface area contributed by atoms with E-state index in [2.05, 4.69) is 10.3 Å². The number of ether oxygens (including phenoxy) is 2. The van der Waals surface area contributed by atoms with Crippen LogP contribution in [0.5, 0.6) is 0 Å². The third-order valence-corrected chi connectivity index (χ3v) is 5.32. The summed E-state index contributed by atoms with van der Waals surface area (Å²) in [4.78, 5) is 44.2. The van der Waals surface area contributed by atoms with E-state index < -0.39 is 11.7 Å². The topological polar surface area (TPSA) is 116 Å². The number of aromatic nitrogens is 2. The first kappa shape index (κ1) is 23.8. The number of amides is 2. The number of carbonyl (C=O) groups is 2. The van der Waals surface area contributed by atoms with Crippen LogP contribution in [0, 0.1) is 6.92 Å². The van der Waals surface area contributed by atoms with E-state index >= 15 is 0 Å². The zero-order valence-corrected chi connectivity index (χ0v) is 19.4. The van der Waals surface area contributed by atoms with Gasteiger partial charge in [-0.25, -0.2) is 9.78 Å². The molecular formula is C22H32N4O6. The van der Waals surface area contributed by atoms with Gasteiger partial charge in [0.1, 0.15) is 23.1 Å². The lowest BCUT2D eigenvalue weighted by molar-refractivity contribution is 0.0473. The predicted octanol–water partition coefficient (Wildman–Crippen LogP) is 2.46. The summed E-state index contributed by atoms with van der Waals surface area (Å²) < 4.78 is 17.4. The quantitative estimate of drug-likeness (QED) is 0.675. The molecule has 0 aliphatic carbocycles. The number of aryl methyl sites for hydroxylation is 2. The van der Waals surface area contributed by atoms with Crippen LogP contribution in [-0.4, -0.2) is 64.9 Å². The van der Waals surface area contributed by atoms with Gasteiger partial charge in [0.15, 0.2) is 0 Å². The third kappa shape index (κ3) is 5.48. The first-order valence-corrected chi connectivity index (χ1v) is 10.9. The molecule has 1 aliphatic heterocycles. The Labute approximate surface area is 186 Å². The molecule has 1 aliphatic rings. The fourth-order valence-electron chi connectivity index (χ4n) is 3.79. The second-order valence-electron chi connectivity index (χ2n) is 9.02. The van der Waals surface area contributed by atoms with Gasteiger partial charge in [0.25, 0.3) is 11.5 Å². The zero-order chi connectivity index (χ0) is 23.5. The van der Waals surface area contributed by atoms with Crippen molar-refractivity contribution in [2.45, 2.75) is 65.1 Å². The average molecular weight is 449 g/mol. The minimum atomic E-state index is -0.564. The Kier molecular flexibility index (Phi) is 7.22. The van der Waals surface area contributed by atoms with Gasteiger partial charge >= 0.3 is 6.09 Å². The number of methoxy groups -OCH3 is 1. The Hall–Kier alpha value is -2.88. The van der Waals surface area contributed by atoms with Crippen LogP contribution in [-0.2, 0) is 16.0 Å². The molecule has 0 saturated carbocycles. The zero-order valence-electron chi connectivity index (χ0n) is 19.4. The molecule has 32 heavy (non-hydrogen) atoms. The number of nitrogens with zero attached hydrogens (tertiary/aromatic N) is 3. The van der Waals surface area contributed by atoms with Crippen molar-refractivity contribution in [3.63, 3.8) is 0 Å². The summed E-state index contributed by atoms with van der Waals surface area (Å²) in [6, 6.07) is -0.0734. The van der Waals surface area contributed by atoms with Crippen molar-refractivity contribution in [1.29, 1.82) is 0 Å². The molecule has 10 heteroatoms. The van der Waals surface area contributed by atoms with Gasteiger partial charge in [0.2, 0.25) is 5.71 Å². The second kappa shape index (κ2) is 9.72. The highest BCUT2D eigenvalue weighted by molar-refractivity contribution is 6.06. The van der Waals surface area contributed by atoms with Crippen molar-refractivity contribution in [2.24, 2.45) is 0 Å². The molecule has 2 amide bonds. The summed E-state index contributed by atoms with van der Waals surface area (Å²) in [5, 5.41) is 3.07. The van der Waals surface area contributed by atoms with Crippen LogP contribution < -0.4 is 10.9 Å². The van der Waals surface area contributed by atoms with Crippen LogP contribution in [0.1, 0.15) is 56.2 Å². The first-order valence-electron chi connectivity index (χ1n) is 10.9. The molecular weight excluding hydrogens is 416 g/mol. The minimum absolute atomic E-state index is 0.0734. The normalized spacial score (nSPS) is 15.2. The van der Waals surface area contributed by atoms with Crippen LogP contribution >= 0.6 is 0 Å². The SMILES string of the molecule is COCCCn1cnc2oc(C)c(C(=O)N3CCC(NC(=O)OC(C)(C)C)CC3)c2c1=O. The van der Waals surface area contributed by atoms with Crippen molar-refractivity contribution < 1.29 is 23.5 Å². The van der Waals surface area contributed by atoms with E-state index in [0.29, 0.717) is 51.3 Å². The molecule has 0 aromatic carbocycles. The van der Waals surface area contributed by atoms with Crippen LogP contribution in [0.4, 0.5) is 4.79 Å². The van der Waals surface area contributed by atoms with E-state index in [1.54, 1.807) is 18.9 Å². The highest BCUT2D eigenvalue weighted by Gasteiger charge is 2.30. The monoisotopic (exact) mass is 448 g/mol. The average Bonchev–Trinajstić information content (AvgIpc) is 3.05. The number of hydrogen-bond acceptors (Lipinski definition) is 7. The predicted molar refractivity (Wildman–Crippen MR) is 118 cm³/mol. The number of hydrogen-bond donors (Lipinski definition) is 1. The number of nitrogens with one attached hydrogen (secondary N) is 1. The summed E-state index contributed by atoms with van der Waals surface area (Å²) >= 11 is 0. The standard InChI is InChI=1S/C22H32N4O6/c1-14-16(17-18(31-14)23-13-26(20(17)28)9-6-12-30-5)19(27)25-10-7-15(8-11-25)24-21(29)32-22(2,3)4/h13,15H,6-12H2,1-5H3,(H,24,29). The van der Waals surface area contributed by atoms with E-state index in [9.17, 15) is 14.4 Å². The summed E-state index contributed by atoms with van der Waals surface area (Å²) in [7, 11) is 1.60. The lowest BCUT2D eigenvalue weighted by Gasteiger charge is -2.32. The largest absolute Gasteiger partial charge is 0.444 e. The van der Waals surface area contributed by atoms with Crippen LogP contribution in [0.25, 0.3) is 11.1 Å². The molecule has 1 fully saturated rings. The molecule has 3 rings (SSSR count). The van der Waals surface area contributed by atoms with Crippen molar-refractivity contribution in [3.05, 3.63) is 28.0 Å². The van der Waals surface area contributed by atoms with Crippen molar-refractivity contribution >= 4 is 23.1 Å². The lowest BCUT2D eigenvalue weighted by Crippen LogP contribution is -2.47. The van der Waals surface area contributed by atoms with Crippen LogP contribution in [0.15, 0.2) is 15.5 Å². The molecule has 0 atom stereocenters. The van der Waals surface area contributed by atoms with Gasteiger partial charge in [-0.05, 0) is 47.0 Å². The van der Waals surface area contributed by atoms with Gasteiger partial charge in [-0.2, -0.15) is 0 Å². The summed E-state index contributed by atoms with van der Waals surface area (Å²) in [5.41, 5.74) is -0.435. The van der Waals surface area contributed by atoms with E-state index in [0.717, 1.165) is 0 Å². The molecule has 176 valence electrons. The molecule has 2 aromatic rings. The van der Waals surface area contributed by atoms with Crippen molar-refractivity contribution in [3.8, 4) is 0 Å². The number of fused-ring (bicyclic) bond motifs is 1. The van der Waals surface area contributed by atoms with Gasteiger partial charge in [0, 0.05) is 39.4 Å². The van der Waals surface area contributed by atoms with Crippen LogP contribution in [0.3, 0.4) is 0 Å². The molecule has 1 N–H and O–H groups in total. The third-order valence-electron chi connectivity index (χ3n) is 5.32. The van der Waals surface area contributed by atoms with E-state index in [-0.39, 0.29) is 34.2 Å². The Morgan fingerprint density at radius 2 is 1.97 bits per heavy atom. The maximum atomic E-state index is 13.3. The lowest BCUT2D eigenvalue weighted by atomic mass is 10.0. The Morgan fingerprint density at radius 3 is 2.59 bits per heavy atom. The molecule has 2 aromatic heterocycles. The Bertz CT molecular complexity index is 1030. The van der Waals surface area contributed by atoms with Crippen LogP contribution in [0.2, 0.25) is 0 Å². The summed E-state index contributed by atoms with van der Waals surface area (Å²) in [5.74, 6) is 0.115. The van der Waals surface area contributed by atoms with Crippen molar-refractivity contribution in [1.82, 2.24) is 19.8 Å². The van der Waals surface area contributed by atoms with Gasteiger partial charge in [0.05, 0.1) is 5.56 Å². The number of piperidine rings is 1. The number of rotatable bonds is 6. The fourth-order valence-corrected chi connectivity index (χ4v) is 3.79. The molecule has 3 heterocycles. The number of likely N-dealkylation sites (tertiary alicyclic amines) is 1. The van der Waals surface area contributed by atoms with E-state index in [1.807, 2.05) is 20.8 Å². The molecule has 0 unspecified atom stereocenters. The second-order valence-corrected chi connectivity index (χ2v) is 9.02. The summed E-state index contributed by atoms with van der Waals surface area (Å²) in [6.07, 6.45) is 2.82. The molecule has 1 saturated heterocycles. The highest BCUT2D eigenvalue weighted by Crippen LogP contribution is 2.24. The maximum absolute atomic E-state index is 13.3. The minimum Gasteiger partial charge on any atom is -0.444 e. The number of furan rings is 1. The van der Waals surface area contributed by atoms with E-state index in [1.165, 1.54) is 10.9 Å². The van der Waals surface area contributed by atoms with Gasteiger partial charge in [-0.3, -0.25) is 14.2 Å². The van der Waals surface area contributed by atoms with E-state index in [4.69, 9.17) is 13.9 Å². The maximum Gasteiger partial charge on any atom is 0.407 e. The number of alkyl carbamates (subject to hydrolysis) is 1. The molecule has 10 nitrogen and oxygen atoms in total. The summed E-state index contributed by atoms with van der Waals surface area (Å²) in [6.45, 7) is 8.97. The smallest absolute Gasteiger partial charge is 0.407 e. The molecule has 0 spiro atoms. The highest BCUT2D eigenvalue weighted by atomic mass is 16.6. The Morgan fingerprint density at radius 1 is 1.28 bits per heavy atom. The van der Waals surface area contributed by atoms with Gasteiger partial charge in [-0.1, -0.05) is 0 Å². The van der Waals surface area contributed by atoms with Crippen molar-refractivity contribution in [2.75, 3.05) is 26.8 Å². The van der Waals surface area contributed by atoms with Gasteiger partial charge < -0.3 is 24.1 Å². The molecule has 0 radical (unpaired) electrons. The first-order chi connectivity index (χ1) is 15.1. The Balaban J connectivity index is 1.72. The molecule has 0 bridgehead atoms. The number of carbonyl (C=O) groups excluding carboxylic acids is 2. The fraction of sp³-hybridized carbons (Fsp3) is 0.636. The van der Waals surface area contributed by atoms with Gasteiger partial charge in [-0.15, -0.1) is 0 Å².